The van der Waals surface area contributed by atoms with Crippen LogP contribution in [-0.2, 0) is 32.7 Å². The van der Waals surface area contributed by atoms with Crippen molar-refractivity contribution in [2.75, 3.05) is 26.4 Å². The second kappa shape index (κ2) is 48.7. The first-order valence-corrected chi connectivity index (χ1v) is 27.5. The minimum absolute atomic E-state index is 0.0529. The van der Waals surface area contributed by atoms with E-state index in [1.807, 2.05) is 0 Å². The summed E-state index contributed by atoms with van der Waals surface area (Å²) < 4.78 is 32.9. The lowest BCUT2D eigenvalue weighted by Crippen LogP contribution is -2.29. The van der Waals surface area contributed by atoms with Gasteiger partial charge in [0.05, 0.1) is 13.2 Å². The average Bonchev–Trinajstić information content (AvgIpc) is 3.26. The molecule has 0 amide bonds. The van der Waals surface area contributed by atoms with E-state index in [1.54, 1.807) is 0 Å². The molecule has 0 fully saturated rings. The van der Waals surface area contributed by atoms with Crippen molar-refractivity contribution in [3.8, 4) is 0 Å². The van der Waals surface area contributed by atoms with Gasteiger partial charge in [-0.1, -0.05) is 204 Å². The Kier molecular flexibility index (Phi) is 47.3. The van der Waals surface area contributed by atoms with Crippen molar-refractivity contribution >= 4 is 19.8 Å². The predicted molar refractivity (Wildman–Crippen MR) is 261 cm³/mol. The molecule has 0 saturated heterocycles. The van der Waals surface area contributed by atoms with Gasteiger partial charge in [0.2, 0.25) is 0 Å². The molecule has 2 unspecified atom stereocenters. The molecule has 0 heterocycles. The minimum Gasteiger partial charge on any atom is -0.462 e. The molecule has 0 bridgehead atoms. The number of carbonyl (C=O) groups excluding carboxylic acids is 2. The number of unbranched alkanes of at least 4 members (excludes halogenated alkanes) is 30. The van der Waals surface area contributed by atoms with Crippen molar-refractivity contribution < 1.29 is 37.6 Å². The maximum absolute atomic E-state index is 12.7. The van der Waals surface area contributed by atoms with E-state index < -0.39 is 26.5 Å². The second-order valence-corrected chi connectivity index (χ2v) is 18.8. The summed E-state index contributed by atoms with van der Waals surface area (Å²) >= 11 is 0. The highest BCUT2D eigenvalue weighted by Gasteiger charge is 2.26. The van der Waals surface area contributed by atoms with Crippen molar-refractivity contribution in [2.45, 2.75) is 258 Å². The van der Waals surface area contributed by atoms with E-state index in [0.717, 1.165) is 57.8 Å². The van der Waals surface area contributed by atoms with E-state index in [-0.39, 0.29) is 38.6 Å². The molecular formula is C52H98NO8P. The summed E-state index contributed by atoms with van der Waals surface area (Å²) in [4.78, 5) is 35.1. The SMILES string of the molecule is CCCCCCC/C=C\C/C=C\CCCCCCCCCCCCCC(=O)OC(COC(=O)CCCCCCCCC/C=C\CCCCCCCCC)COP(=O)(O)OCCN. The van der Waals surface area contributed by atoms with Gasteiger partial charge < -0.3 is 20.1 Å². The molecule has 0 aliphatic rings. The maximum Gasteiger partial charge on any atom is 0.472 e. The third-order valence-electron chi connectivity index (χ3n) is 11.2. The van der Waals surface area contributed by atoms with Crippen LogP contribution in [0.3, 0.4) is 0 Å². The zero-order chi connectivity index (χ0) is 45.3. The zero-order valence-corrected chi connectivity index (χ0v) is 41.3. The smallest absolute Gasteiger partial charge is 0.462 e. The number of allylic oxidation sites excluding steroid dienone is 6. The molecule has 0 rings (SSSR count). The van der Waals surface area contributed by atoms with Gasteiger partial charge in [-0.25, -0.2) is 4.57 Å². The van der Waals surface area contributed by atoms with Crippen LogP contribution in [0.15, 0.2) is 36.5 Å². The summed E-state index contributed by atoms with van der Waals surface area (Å²) in [5.41, 5.74) is 5.37. The molecule has 2 atom stereocenters. The summed E-state index contributed by atoms with van der Waals surface area (Å²) in [6.45, 7) is 3.75. The van der Waals surface area contributed by atoms with Crippen molar-refractivity contribution in [3.05, 3.63) is 36.5 Å². The lowest BCUT2D eigenvalue weighted by atomic mass is 10.0. The van der Waals surface area contributed by atoms with E-state index >= 15 is 0 Å². The Morgan fingerprint density at radius 3 is 1.24 bits per heavy atom. The molecule has 0 aromatic carbocycles. The maximum atomic E-state index is 12.7. The molecule has 10 heteroatoms. The molecule has 0 aromatic heterocycles. The summed E-state index contributed by atoms with van der Waals surface area (Å²) in [6, 6.07) is 0. The fourth-order valence-electron chi connectivity index (χ4n) is 7.37. The number of phosphoric ester groups is 1. The molecule has 364 valence electrons. The standard InChI is InChI=1S/C52H98NO8P/c1-3-5-7-9-11-13-15-17-19-21-23-24-25-26-27-29-31-33-35-37-39-41-43-45-52(55)61-50(49-60-62(56,57)59-47-46-53)48-58-51(54)44-42-40-38-36-34-32-30-28-22-20-18-16-14-12-10-8-6-4-2/h15,17,20-23,50H,3-14,16,18-19,24-49,53H2,1-2H3,(H,56,57)/b17-15-,22-20-,23-21-. The molecule has 0 saturated carbocycles. The molecule has 9 nitrogen and oxygen atoms in total. The first-order chi connectivity index (χ1) is 30.3. The zero-order valence-electron chi connectivity index (χ0n) is 40.4. The van der Waals surface area contributed by atoms with Gasteiger partial charge in [0.15, 0.2) is 6.10 Å². The Morgan fingerprint density at radius 1 is 0.484 bits per heavy atom. The van der Waals surface area contributed by atoms with Gasteiger partial charge in [0.1, 0.15) is 6.61 Å². The van der Waals surface area contributed by atoms with Crippen LogP contribution in [0.4, 0.5) is 0 Å². The molecule has 0 aromatic rings. The van der Waals surface area contributed by atoms with Crippen LogP contribution in [-0.4, -0.2) is 49.3 Å². The highest BCUT2D eigenvalue weighted by molar-refractivity contribution is 7.47. The number of carbonyl (C=O) groups is 2. The number of hydrogen-bond acceptors (Lipinski definition) is 8. The van der Waals surface area contributed by atoms with Crippen molar-refractivity contribution in [1.82, 2.24) is 0 Å². The third kappa shape index (κ3) is 47.7. The van der Waals surface area contributed by atoms with Crippen LogP contribution in [0.1, 0.15) is 251 Å². The highest BCUT2D eigenvalue weighted by atomic mass is 31.2. The average molecular weight is 896 g/mol. The lowest BCUT2D eigenvalue weighted by Gasteiger charge is -2.19. The highest BCUT2D eigenvalue weighted by Crippen LogP contribution is 2.43. The number of ether oxygens (including phenoxy) is 2. The van der Waals surface area contributed by atoms with Gasteiger partial charge in [-0.15, -0.1) is 0 Å². The first-order valence-electron chi connectivity index (χ1n) is 26.0. The summed E-state index contributed by atoms with van der Waals surface area (Å²) in [5.74, 6) is -0.827. The van der Waals surface area contributed by atoms with Crippen LogP contribution >= 0.6 is 7.82 Å². The van der Waals surface area contributed by atoms with Crippen molar-refractivity contribution in [1.29, 1.82) is 0 Å². The number of hydrogen-bond donors (Lipinski definition) is 2. The molecule has 0 radical (unpaired) electrons. The minimum atomic E-state index is -4.38. The second-order valence-electron chi connectivity index (χ2n) is 17.4. The quantitative estimate of drug-likeness (QED) is 0.0265. The molecule has 3 N–H and O–H groups in total. The molecule has 0 aliphatic heterocycles. The number of esters is 2. The largest absolute Gasteiger partial charge is 0.472 e. The van der Waals surface area contributed by atoms with Gasteiger partial charge >= 0.3 is 19.8 Å². The fourth-order valence-corrected chi connectivity index (χ4v) is 8.13. The summed E-state index contributed by atoms with van der Waals surface area (Å²) in [7, 11) is -4.38. The number of nitrogens with two attached hydrogens (primary N) is 1. The van der Waals surface area contributed by atoms with Crippen molar-refractivity contribution in [3.63, 3.8) is 0 Å². The van der Waals surface area contributed by atoms with Crippen molar-refractivity contribution in [2.24, 2.45) is 5.73 Å². The Morgan fingerprint density at radius 2 is 0.839 bits per heavy atom. The Hall–Kier alpha value is -1.77. The van der Waals surface area contributed by atoms with Gasteiger partial charge in [0.25, 0.3) is 0 Å². The molecule has 62 heavy (non-hydrogen) atoms. The van der Waals surface area contributed by atoms with Crippen LogP contribution in [0, 0.1) is 0 Å². The lowest BCUT2D eigenvalue weighted by molar-refractivity contribution is -0.161. The monoisotopic (exact) mass is 896 g/mol. The summed E-state index contributed by atoms with van der Waals surface area (Å²) in [5, 5.41) is 0. The van der Waals surface area contributed by atoms with E-state index in [9.17, 15) is 19.0 Å². The van der Waals surface area contributed by atoms with Gasteiger partial charge in [0, 0.05) is 19.4 Å². The predicted octanol–water partition coefficient (Wildman–Crippen LogP) is 15.7. The fraction of sp³-hybridized carbons (Fsp3) is 0.846. The third-order valence-corrected chi connectivity index (χ3v) is 12.2. The number of rotatable bonds is 49. The topological polar surface area (TPSA) is 134 Å². The van der Waals surface area contributed by atoms with Gasteiger partial charge in [-0.2, -0.15) is 0 Å². The van der Waals surface area contributed by atoms with Crippen LogP contribution < -0.4 is 5.73 Å². The number of phosphoric acid groups is 1. The van der Waals surface area contributed by atoms with E-state index in [1.165, 1.54) is 161 Å². The molecular weight excluding hydrogens is 798 g/mol. The Labute approximate surface area is 382 Å². The van der Waals surface area contributed by atoms with Gasteiger partial charge in [-0.05, 0) is 70.6 Å². The van der Waals surface area contributed by atoms with Crippen LogP contribution in [0.2, 0.25) is 0 Å². The van der Waals surface area contributed by atoms with E-state index in [0.29, 0.717) is 6.42 Å². The Balaban J connectivity index is 4.03. The molecule has 0 aliphatic carbocycles. The first kappa shape index (κ1) is 60.2. The van der Waals surface area contributed by atoms with Gasteiger partial charge in [-0.3, -0.25) is 18.6 Å². The van der Waals surface area contributed by atoms with Crippen LogP contribution in [0.5, 0.6) is 0 Å². The Bertz CT molecular complexity index is 1110. The molecule has 0 spiro atoms. The van der Waals surface area contributed by atoms with E-state index in [2.05, 4.69) is 50.3 Å². The normalized spacial score (nSPS) is 13.4. The summed E-state index contributed by atoms with van der Waals surface area (Å²) in [6.07, 6.45) is 56.1. The van der Waals surface area contributed by atoms with E-state index in [4.69, 9.17) is 24.3 Å². The van der Waals surface area contributed by atoms with Crippen LogP contribution in [0.25, 0.3) is 0 Å².